The summed E-state index contributed by atoms with van der Waals surface area (Å²) in [7, 11) is 0. The van der Waals surface area contributed by atoms with E-state index in [1.165, 1.54) is 0 Å². The van der Waals surface area contributed by atoms with Gasteiger partial charge in [-0.3, -0.25) is 0 Å². The number of nitrogens with zero attached hydrogens (tertiary/aromatic N) is 2. The summed E-state index contributed by atoms with van der Waals surface area (Å²) in [5.41, 5.74) is 0. The van der Waals surface area contributed by atoms with Crippen molar-refractivity contribution in [3.8, 4) is 0 Å². The largest absolute Gasteiger partial charge is 0.375 e. The fourth-order valence-corrected chi connectivity index (χ4v) is 1.60. The van der Waals surface area contributed by atoms with Crippen LogP contribution in [0.2, 0.25) is 0 Å². The molecule has 0 aliphatic heterocycles. The Hall–Kier alpha value is -1.08. The summed E-state index contributed by atoms with van der Waals surface area (Å²) in [5, 5.41) is 7.10. The predicted molar refractivity (Wildman–Crippen MR) is 66.4 cm³/mol. The highest BCUT2D eigenvalue weighted by molar-refractivity contribution is 4.96. The molecule has 7 heteroatoms. The highest BCUT2D eigenvalue weighted by atomic mass is 19.3. The molecular weight excluding hydrogens is 256 g/mol. The van der Waals surface area contributed by atoms with Crippen LogP contribution in [0.1, 0.15) is 38.4 Å². The molecular formula is C12H21F2N3O2. The summed E-state index contributed by atoms with van der Waals surface area (Å²) in [6.07, 6.45) is -2.07. The SMILES string of the molecule is CCNC(C)C(C)c1nc(CCOCC(F)F)no1. The summed E-state index contributed by atoms with van der Waals surface area (Å²) >= 11 is 0. The van der Waals surface area contributed by atoms with Gasteiger partial charge in [-0.1, -0.05) is 19.0 Å². The first kappa shape index (κ1) is 16.0. The molecule has 2 unspecified atom stereocenters. The van der Waals surface area contributed by atoms with Crippen LogP contribution in [-0.2, 0) is 11.2 Å². The molecule has 1 aromatic rings. The first-order valence-electron chi connectivity index (χ1n) is 6.46. The molecule has 0 saturated carbocycles. The molecule has 1 aromatic heterocycles. The van der Waals surface area contributed by atoms with Crippen LogP contribution in [0.3, 0.4) is 0 Å². The minimum absolute atomic E-state index is 0.100. The minimum Gasteiger partial charge on any atom is -0.375 e. The van der Waals surface area contributed by atoms with Crippen molar-refractivity contribution < 1.29 is 18.0 Å². The van der Waals surface area contributed by atoms with Gasteiger partial charge in [-0.15, -0.1) is 0 Å². The number of rotatable bonds is 9. The van der Waals surface area contributed by atoms with E-state index in [2.05, 4.69) is 15.5 Å². The number of hydrogen-bond acceptors (Lipinski definition) is 5. The molecule has 0 aromatic carbocycles. The van der Waals surface area contributed by atoms with E-state index in [1.807, 2.05) is 20.8 Å². The molecule has 0 amide bonds. The van der Waals surface area contributed by atoms with Crippen LogP contribution < -0.4 is 5.32 Å². The normalized spacial score (nSPS) is 14.8. The second-order valence-corrected chi connectivity index (χ2v) is 4.40. The molecule has 2 atom stereocenters. The molecule has 0 radical (unpaired) electrons. The molecule has 0 bridgehead atoms. The first-order chi connectivity index (χ1) is 9.04. The van der Waals surface area contributed by atoms with Crippen molar-refractivity contribution in [2.24, 2.45) is 0 Å². The van der Waals surface area contributed by atoms with Gasteiger partial charge in [0.2, 0.25) is 5.89 Å². The van der Waals surface area contributed by atoms with E-state index in [4.69, 9.17) is 9.26 Å². The second kappa shape index (κ2) is 8.16. The first-order valence-corrected chi connectivity index (χ1v) is 6.46. The van der Waals surface area contributed by atoms with Gasteiger partial charge in [-0.25, -0.2) is 8.78 Å². The monoisotopic (exact) mass is 277 g/mol. The fraction of sp³-hybridized carbons (Fsp3) is 0.833. The Morgan fingerprint density at radius 3 is 2.74 bits per heavy atom. The van der Waals surface area contributed by atoms with Crippen molar-refractivity contribution in [3.05, 3.63) is 11.7 Å². The van der Waals surface area contributed by atoms with E-state index in [0.29, 0.717) is 18.1 Å². The van der Waals surface area contributed by atoms with E-state index in [9.17, 15) is 8.78 Å². The molecule has 1 rings (SSSR count). The Morgan fingerprint density at radius 1 is 1.37 bits per heavy atom. The van der Waals surface area contributed by atoms with Gasteiger partial charge in [0.1, 0.15) is 6.61 Å². The van der Waals surface area contributed by atoms with E-state index in [-0.39, 0.29) is 18.6 Å². The molecule has 0 aliphatic rings. The lowest BCUT2D eigenvalue weighted by Crippen LogP contribution is -2.30. The zero-order chi connectivity index (χ0) is 14.3. The molecule has 1 N–H and O–H groups in total. The highest BCUT2D eigenvalue weighted by Crippen LogP contribution is 2.17. The fourth-order valence-electron chi connectivity index (χ4n) is 1.60. The summed E-state index contributed by atoms with van der Waals surface area (Å²) in [6.45, 7) is 6.55. The van der Waals surface area contributed by atoms with Gasteiger partial charge in [0, 0.05) is 12.5 Å². The second-order valence-electron chi connectivity index (χ2n) is 4.40. The van der Waals surface area contributed by atoms with Crippen molar-refractivity contribution in [2.45, 2.75) is 45.6 Å². The zero-order valence-corrected chi connectivity index (χ0v) is 11.5. The number of hydrogen-bond donors (Lipinski definition) is 1. The van der Waals surface area contributed by atoms with E-state index < -0.39 is 13.0 Å². The maximum atomic E-state index is 11.9. The lowest BCUT2D eigenvalue weighted by Gasteiger charge is -2.16. The van der Waals surface area contributed by atoms with Crippen LogP contribution in [0.15, 0.2) is 4.52 Å². The molecule has 19 heavy (non-hydrogen) atoms. The van der Waals surface area contributed by atoms with Crippen LogP contribution in [0.5, 0.6) is 0 Å². The van der Waals surface area contributed by atoms with Gasteiger partial charge >= 0.3 is 0 Å². The highest BCUT2D eigenvalue weighted by Gasteiger charge is 2.19. The van der Waals surface area contributed by atoms with Gasteiger partial charge in [-0.05, 0) is 13.5 Å². The Kier molecular flexibility index (Phi) is 6.86. The van der Waals surface area contributed by atoms with E-state index >= 15 is 0 Å². The minimum atomic E-state index is -2.44. The van der Waals surface area contributed by atoms with Gasteiger partial charge < -0.3 is 14.6 Å². The third-order valence-electron chi connectivity index (χ3n) is 2.86. The molecule has 0 fully saturated rings. The third kappa shape index (κ3) is 5.61. The van der Waals surface area contributed by atoms with Crippen LogP contribution >= 0.6 is 0 Å². The van der Waals surface area contributed by atoms with Crippen LogP contribution in [-0.4, -0.2) is 42.4 Å². The van der Waals surface area contributed by atoms with E-state index in [1.54, 1.807) is 0 Å². The van der Waals surface area contributed by atoms with Gasteiger partial charge in [0.15, 0.2) is 5.82 Å². The van der Waals surface area contributed by atoms with Crippen molar-refractivity contribution in [3.63, 3.8) is 0 Å². The summed E-state index contributed by atoms with van der Waals surface area (Å²) in [4.78, 5) is 4.24. The third-order valence-corrected chi connectivity index (χ3v) is 2.86. The summed E-state index contributed by atoms with van der Waals surface area (Å²) in [5.74, 6) is 1.14. The number of halogens is 2. The lowest BCUT2D eigenvalue weighted by atomic mass is 10.0. The average molecular weight is 277 g/mol. The Balaban J connectivity index is 2.39. The molecule has 1 heterocycles. The van der Waals surface area contributed by atoms with Gasteiger partial charge in [-0.2, -0.15) is 4.98 Å². The number of aromatic nitrogens is 2. The predicted octanol–water partition coefficient (Wildman–Crippen LogP) is 2.00. The Bertz CT molecular complexity index is 360. The number of nitrogens with one attached hydrogen (secondary N) is 1. The summed E-state index contributed by atoms with van der Waals surface area (Å²) < 4.78 is 33.6. The van der Waals surface area contributed by atoms with Crippen molar-refractivity contribution >= 4 is 0 Å². The van der Waals surface area contributed by atoms with Crippen molar-refractivity contribution in [1.29, 1.82) is 0 Å². The van der Waals surface area contributed by atoms with Gasteiger partial charge in [0.25, 0.3) is 6.43 Å². The molecule has 0 saturated heterocycles. The van der Waals surface area contributed by atoms with Gasteiger partial charge in [0.05, 0.1) is 12.5 Å². The molecule has 5 nitrogen and oxygen atoms in total. The smallest absolute Gasteiger partial charge is 0.261 e. The topological polar surface area (TPSA) is 60.2 Å². The van der Waals surface area contributed by atoms with Crippen molar-refractivity contribution in [2.75, 3.05) is 19.8 Å². The average Bonchev–Trinajstić information content (AvgIpc) is 2.82. The maximum absolute atomic E-state index is 11.9. The van der Waals surface area contributed by atoms with Crippen LogP contribution in [0, 0.1) is 0 Å². The molecule has 0 spiro atoms. The number of likely N-dealkylation sites (N-methyl/N-ethyl adjacent to an activating group) is 1. The van der Waals surface area contributed by atoms with Crippen LogP contribution in [0.4, 0.5) is 8.78 Å². The lowest BCUT2D eigenvalue weighted by molar-refractivity contribution is 0.0182. The molecule has 0 aliphatic carbocycles. The van der Waals surface area contributed by atoms with Crippen LogP contribution in [0.25, 0.3) is 0 Å². The molecule has 110 valence electrons. The maximum Gasteiger partial charge on any atom is 0.261 e. The number of alkyl halides is 2. The number of ether oxygens (including phenoxy) is 1. The standard InChI is InChI=1S/C12H21F2N3O2/c1-4-15-9(3)8(2)12-16-11(17-19-12)5-6-18-7-10(13)14/h8-10,15H,4-7H2,1-3H3. The quantitative estimate of drug-likeness (QED) is 0.699. The van der Waals surface area contributed by atoms with E-state index in [0.717, 1.165) is 6.54 Å². The Morgan fingerprint density at radius 2 is 2.11 bits per heavy atom. The Labute approximate surface area is 111 Å². The zero-order valence-electron chi connectivity index (χ0n) is 11.5. The summed E-state index contributed by atoms with van der Waals surface area (Å²) in [6, 6.07) is 0.230. The van der Waals surface area contributed by atoms with Crippen molar-refractivity contribution in [1.82, 2.24) is 15.5 Å².